The van der Waals surface area contributed by atoms with Crippen LogP contribution >= 0.6 is 22.9 Å². The number of hydrogen-bond donors (Lipinski definition) is 1. The molecule has 2 aliphatic rings. The Hall–Kier alpha value is -1.07. The lowest BCUT2D eigenvalue weighted by Crippen LogP contribution is -2.31. The zero-order valence-electron chi connectivity index (χ0n) is 9.02. The molecule has 1 atom stereocenters. The van der Waals surface area contributed by atoms with Crippen LogP contribution < -0.4 is 0 Å². The number of fused-ring (bicyclic) bond motifs is 2. The van der Waals surface area contributed by atoms with Crippen molar-refractivity contribution in [1.29, 1.82) is 0 Å². The quantitative estimate of drug-likeness (QED) is 0.582. The van der Waals surface area contributed by atoms with Gasteiger partial charge in [0.1, 0.15) is 0 Å². The van der Waals surface area contributed by atoms with Crippen molar-refractivity contribution < 1.29 is 10.0 Å². The van der Waals surface area contributed by atoms with Gasteiger partial charge in [0, 0.05) is 41.9 Å². The third-order valence-electron chi connectivity index (χ3n) is 3.48. The molecule has 0 bridgehead atoms. The number of thiophene rings is 1. The van der Waals surface area contributed by atoms with Crippen LogP contribution in [0.25, 0.3) is 0 Å². The van der Waals surface area contributed by atoms with Crippen LogP contribution in [-0.2, 0) is 11.3 Å². The summed E-state index contributed by atoms with van der Waals surface area (Å²) in [5.41, 5.74) is 2.46. The molecule has 1 saturated heterocycles. The second-order valence-electron chi connectivity index (χ2n) is 4.37. The van der Waals surface area contributed by atoms with Gasteiger partial charge in [0.15, 0.2) is 0 Å². The third-order valence-corrected chi connectivity index (χ3v) is 4.79. The molecule has 1 N–H and O–H groups in total. The summed E-state index contributed by atoms with van der Waals surface area (Å²) in [5.74, 6) is 0.169. The molecular weight excluding hydrogens is 260 g/mol. The first-order chi connectivity index (χ1) is 8.20. The molecule has 1 aromatic heterocycles. The molecule has 6 heteroatoms. The molecule has 1 fully saturated rings. The Bertz CT molecular complexity index is 512. The number of hydrogen-bond acceptors (Lipinski definition) is 4. The number of oxime groups is 1. The molecule has 1 amide bonds. The molecule has 3 heterocycles. The molecule has 0 radical (unpaired) electrons. The molecule has 3 rings (SSSR count). The Kier molecular flexibility index (Phi) is 2.60. The number of carbonyl (C=O) groups excluding carboxylic acids is 1. The standard InChI is InChI=1S/C11H11ClN2O2S/c12-11-7-4-14-6(1-2-10(14)15)3-9(13-16)8(7)5-17-11/h5-6,16H,1-4H2/b13-9-. The van der Waals surface area contributed by atoms with E-state index < -0.39 is 0 Å². The summed E-state index contributed by atoms with van der Waals surface area (Å²) in [7, 11) is 0. The van der Waals surface area contributed by atoms with Crippen molar-refractivity contribution >= 4 is 34.6 Å². The van der Waals surface area contributed by atoms with E-state index in [4.69, 9.17) is 16.8 Å². The Morgan fingerprint density at radius 3 is 3.18 bits per heavy atom. The van der Waals surface area contributed by atoms with Crippen molar-refractivity contribution in [3.8, 4) is 0 Å². The lowest BCUT2D eigenvalue weighted by molar-refractivity contribution is -0.129. The van der Waals surface area contributed by atoms with E-state index in [1.807, 2.05) is 10.3 Å². The van der Waals surface area contributed by atoms with Crippen molar-refractivity contribution in [1.82, 2.24) is 4.90 Å². The second kappa shape index (κ2) is 3.99. The van der Waals surface area contributed by atoms with E-state index in [1.54, 1.807) is 0 Å². The van der Waals surface area contributed by atoms with E-state index >= 15 is 0 Å². The van der Waals surface area contributed by atoms with Crippen molar-refractivity contribution in [2.45, 2.75) is 31.8 Å². The first-order valence-electron chi connectivity index (χ1n) is 5.47. The fraction of sp³-hybridized carbons (Fsp3) is 0.455. The van der Waals surface area contributed by atoms with Gasteiger partial charge in [-0.05, 0) is 6.42 Å². The molecule has 1 aromatic rings. The van der Waals surface area contributed by atoms with Crippen LogP contribution in [0.15, 0.2) is 10.5 Å². The van der Waals surface area contributed by atoms with Crippen molar-refractivity contribution in [2.24, 2.45) is 5.16 Å². The summed E-state index contributed by atoms with van der Waals surface area (Å²) >= 11 is 7.55. The average molecular weight is 271 g/mol. The van der Waals surface area contributed by atoms with E-state index in [0.717, 1.165) is 17.5 Å². The van der Waals surface area contributed by atoms with Crippen LogP contribution in [0.1, 0.15) is 30.4 Å². The summed E-state index contributed by atoms with van der Waals surface area (Å²) in [4.78, 5) is 13.6. The summed E-state index contributed by atoms with van der Waals surface area (Å²) in [6.07, 6.45) is 2.03. The van der Waals surface area contributed by atoms with Gasteiger partial charge in [0.25, 0.3) is 0 Å². The molecule has 1 unspecified atom stereocenters. The molecule has 0 saturated carbocycles. The number of amides is 1. The van der Waals surface area contributed by atoms with Gasteiger partial charge < -0.3 is 10.1 Å². The largest absolute Gasteiger partial charge is 0.411 e. The molecule has 0 aromatic carbocycles. The predicted octanol–water partition coefficient (Wildman–Crippen LogP) is 2.47. The van der Waals surface area contributed by atoms with Crippen LogP contribution in [0.3, 0.4) is 0 Å². The normalized spacial score (nSPS) is 25.9. The summed E-state index contributed by atoms with van der Waals surface area (Å²) < 4.78 is 0.682. The SMILES string of the molecule is O=C1CCC2C/C(=N/O)c3csc(Cl)c3CN12. The Labute approximate surface area is 107 Å². The fourth-order valence-electron chi connectivity index (χ4n) is 2.57. The Morgan fingerprint density at radius 2 is 2.41 bits per heavy atom. The number of carbonyl (C=O) groups is 1. The predicted molar refractivity (Wildman–Crippen MR) is 65.8 cm³/mol. The summed E-state index contributed by atoms with van der Waals surface area (Å²) in [6, 6.07) is 0.155. The third kappa shape index (κ3) is 1.65. The van der Waals surface area contributed by atoms with E-state index in [2.05, 4.69) is 5.16 Å². The lowest BCUT2D eigenvalue weighted by Gasteiger charge is -2.21. The van der Waals surface area contributed by atoms with Crippen LogP contribution in [-0.4, -0.2) is 27.8 Å². The maximum atomic E-state index is 11.8. The van der Waals surface area contributed by atoms with Crippen LogP contribution in [0.2, 0.25) is 4.34 Å². The first kappa shape index (κ1) is 11.0. The molecule has 0 spiro atoms. The van der Waals surface area contributed by atoms with Gasteiger partial charge in [0.2, 0.25) is 5.91 Å². The van der Waals surface area contributed by atoms with Gasteiger partial charge in [-0.15, -0.1) is 11.3 Å². The Balaban J connectivity index is 2.08. The highest BCUT2D eigenvalue weighted by molar-refractivity contribution is 7.14. The number of halogens is 1. The average Bonchev–Trinajstić information content (AvgIpc) is 2.79. The molecule has 0 aliphatic carbocycles. The lowest BCUT2D eigenvalue weighted by atomic mass is 10.0. The fourth-order valence-corrected chi connectivity index (χ4v) is 3.68. The van der Waals surface area contributed by atoms with Crippen LogP contribution in [0.4, 0.5) is 0 Å². The molecule has 17 heavy (non-hydrogen) atoms. The zero-order chi connectivity index (χ0) is 12.0. The molecule has 4 nitrogen and oxygen atoms in total. The maximum absolute atomic E-state index is 11.8. The van der Waals surface area contributed by atoms with Crippen molar-refractivity contribution in [3.63, 3.8) is 0 Å². The van der Waals surface area contributed by atoms with Gasteiger partial charge in [-0.1, -0.05) is 16.8 Å². The molecular formula is C11H11ClN2O2S. The zero-order valence-corrected chi connectivity index (χ0v) is 10.6. The highest BCUT2D eigenvalue weighted by Crippen LogP contribution is 2.36. The van der Waals surface area contributed by atoms with E-state index in [0.29, 0.717) is 29.4 Å². The van der Waals surface area contributed by atoms with Crippen LogP contribution in [0, 0.1) is 0 Å². The first-order valence-corrected chi connectivity index (χ1v) is 6.73. The molecule has 90 valence electrons. The van der Waals surface area contributed by atoms with Crippen molar-refractivity contribution in [3.05, 3.63) is 20.8 Å². The number of nitrogens with zero attached hydrogens (tertiary/aromatic N) is 2. The number of rotatable bonds is 0. The highest BCUT2D eigenvalue weighted by atomic mass is 35.5. The van der Waals surface area contributed by atoms with Crippen molar-refractivity contribution in [2.75, 3.05) is 0 Å². The summed E-state index contributed by atoms with van der Waals surface area (Å²) in [6.45, 7) is 0.542. The van der Waals surface area contributed by atoms with Gasteiger partial charge in [-0.25, -0.2) is 0 Å². The molecule has 2 aliphatic heterocycles. The minimum atomic E-state index is 0.155. The summed E-state index contributed by atoms with van der Waals surface area (Å²) in [5, 5.41) is 14.4. The highest BCUT2D eigenvalue weighted by Gasteiger charge is 2.36. The smallest absolute Gasteiger partial charge is 0.223 e. The Morgan fingerprint density at radius 1 is 1.59 bits per heavy atom. The van der Waals surface area contributed by atoms with E-state index in [-0.39, 0.29) is 11.9 Å². The van der Waals surface area contributed by atoms with E-state index in [9.17, 15) is 4.79 Å². The van der Waals surface area contributed by atoms with Gasteiger partial charge >= 0.3 is 0 Å². The second-order valence-corrected chi connectivity index (χ2v) is 5.85. The maximum Gasteiger partial charge on any atom is 0.223 e. The minimum absolute atomic E-state index is 0.155. The minimum Gasteiger partial charge on any atom is -0.411 e. The van der Waals surface area contributed by atoms with Crippen LogP contribution in [0.5, 0.6) is 0 Å². The van der Waals surface area contributed by atoms with Gasteiger partial charge in [-0.2, -0.15) is 0 Å². The monoisotopic (exact) mass is 270 g/mol. The van der Waals surface area contributed by atoms with Gasteiger partial charge in [-0.3, -0.25) is 4.79 Å². The van der Waals surface area contributed by atoms with Gasteiger partial charge in [0.05, 0.1) is 10.0 Å². The topological polar surface area (TPSA) is 52.9 Å². The van der Waals surface area contributed by atoms with E-state index in [1.165, 1.54) is 11.3 Å².